The minimum Gasteiger partial charge on any atom is -0.290 e. The quantitative estimate of drug-likeness (QED) is 0.292. The first-order valence-corrected chi connectivity index (χ1v) is 10.7. The van der Waals surface area contributed by atoms with Gasteiger partial charge in [-0.05, 0) is 36.4 Å². The number of rotatable bonds is 7. The number of Topliss-reactive ketones (excluding diaryl/α,β-unsaturated/α-hetero) is 2. The maximum absolute atomic E-state index is 12.7. The molecule has 0 aliphatic carbocycles. The average molecular weight is 485 g/mol. The highest BCUT2D eigenvalue weighted by atomic mass is 35.5. The number of carbonyl (C=O) groups excluding carboxylic acids is 2. The fraction of sp³-hybridized carbons (Fsp3) is 0.227. The van der Waals surface area contributed by atoms with Gasteiger partial charge in [-0.3, -0.25) is 9.59 Å². The summed E-state index contributed by atoms with van der Waals surface area (Å²) in [5.41, 5.74) is 0.956. The lowest BCUT2D eigenvalue weighted by Crippen LogP contribution is -2.41. The summed E-state index contributed by atoms with van der Waals surface area (Å²) in [6, 6.07) is 9.63. The molecule has 0 aliphatic heterocycles. The fourth-order valence-corrected chi connectivity index (χ4v) is 3.84. The molecule has 156 valence electrons. The van der Waals surface area contributed by atoms with E-state index in [4.69, 9.17) is 46.4 Å². The van der Waals surface area contributed by atoms with Gasteiger partial charge in [-0.15, -0.1) is 0 Å². The minimum absolute atomic E-state index is 0.0863. The number of hydrogen-bond acceptors (Lipinski definition) is 2. The molecular weight excluding hydrogens is 466 g/mol. The summed E-state index contributed by atoms with van der Waals surface area (Å²) >= 11 is 23.9. The van der Waals surface area contributed by atoms with Gasteiger partial charge in [0.1, 0.15) is 12.4 Å². The SMILES string of the molecule is CC(C)c1n(CC(=O)c2ccc(Cl)c(Cl)c2)cc[n+]1CC(=O)c1ccc(Cl)c(Cl)c1. The molecule has 8 heteroatoms. The summed E-state index contributed by atoms with van der Waals surface area (Å²) in [7, 11) is 0. The summed E-state index contributed by atoms with van der Waals surface area (Å²) in [5.74, 6) is 0.739. The van der Waals surface area contributed by atoms with Gasteiger partial charge < -0.3 is 0 Å². The Hall–Kier alpha value is -1.85. The number of ketones is 2. The molecule has 0 amide bonds. The van der Waals surface area contributed by atoms with Gasteiger partial charge in [0.05, 0.1) is 26.0 Å². The van der Waals surface area contributed by atoms with E-state index in [0.717, 1.165) is 5.82 Å². The lowest BCUT2D eigenvalue weighted by Gasteiger charge is -2.08. The largest absolute Gasteiger partial charge is 0.290 e. The highest BCUT2D eigenvalue weighted by Crippen LogP contribution is 2.24. The zero-order valence-corrected chi connectivity index (χ0v) is 19.4. The van der Waals surface area contributed by atoms with Gasteiger partial charge in [0, 0.05) is 11.1 Å². The molecule has 0 aliphatic rings. The van der Waals surface area contributed by atoms with Crippen LogP contribution in [0.2, 0.25) is 20.1 Å². The predicted molar refractivity (Wildman–Crippen MR) is 120 cm³/mol. The van der Waals surface area contributed by atoms with Crippen LogP contribution in [0.3, 0.4) is 0 Å². The van der Waals surface area contributed by atoms with Crippen molar-refractivity contribution < 1.29 is 14.2 Å². The van der Waals surface area contributed by atoms with Crippen LogP contribution < -0.4 is 4.57 Å². The lowest BCUT2D eigenvalue weighted by molar-refractivity contribution is -0.691. The molecule has 4 nitrogen and oxygen atoms in total. The number of nitrogens with zero attached hydrogens (tertiary/aromatic N) is 2. The fourth-order valence-electron chi connectivity index (χ4n) is 3.24. The van der Waals surface area contributed by atoms with Crippen LogP contribution in [-0.2, 0) is 13.1 Å². The molecule has 1 aromatic heterocycles. The third-order valence-corrected chi connectivity index (χ3v) is 6.12. The zero-order chi connectivity index (χ0) is 22.0. The molecule has 3 aromatic rings. The Morgan fingerprint density at radius 3 is 1.90 bits per heavy atom. The van der Waals surface area contributed by atoms with Crippen LogP contribution in [0.1, 0.15) is 46.3 Å². The second kappa shape index (κ2) is 9.52. The van der Waals surface area contributed by atoms with Crippen LogP contribution in [0.5, 0.6) is 0 Å². The Morgan fingerprint density at radius 2 is 1.40 bits per heavy atom. The molecule has 0 fully saturated rings. The van der Waals surface area contributed by atoms with E-state index in [2.05, 4.69) is 0 Å². The minimum atomic E-state index is -0.103. The van der Waals surface area contributed by atoms with Gasteiger partial charge in [0.2, 0.25) is 11.6 Å². The van der Waals surface area contributed by atoms with Gasteiger partial charge in [0.25, 0.3) is 5.82 Å². The average Bonchev–Trinajstić information content (AvgIpc) is 3.08. The first kappa shape index (κ1) is 22.8. The number of benzene rings is 2. The Kier molecular flexibility index (Phi) is 7.25. The van der Waals surface area contributed by atoms with Crippen LogP contribution in [0.15, 0.2) is 48.8 Å². The Labute approximate surface area is 194 Å². The van der Waals surface area contributed by atoms with E-state index < -0.39 is 0 Å². The summed E-state index contributed by atoms with van der Waals surface area (Å²) in [4.78, 5) is 25.5. The molecule has 2 aromatic carbocycles. The first-order chi connectivity index (χ1) is 14.2. The summed E-state index contributed by atoms with van der Waals surface area (Å²) < 4.78 is 3.69. The van der Waals surface area contributed by atoms with E-state index in [9.17, 15) is 9.59 Å². The first-order valence-electron chi connectivity index (χ1n) is 9.22. The molecule has 3 rings (SSSR count). The molecule has 0 N–H and O–H groups in total. The normalized spacial score (nSPS) is 11.2. The third-order valence-electron chi connectivity index (χ3n) is 4.64. The van der Waals surface area contributed by atoms with E-state index >= 15 is 0 Å². The van der Waals surface area contributed by atoms with E-state index in [1.807, 2.05) is 23.0 Å². The smallest absolute Gasteiger partial charge is 0.259 e. The van der Waals surface area contributed by atoms with Crippen molar-refractivity contribution in [3.8, 4) is 0 Å². The van der Waals surface area contributed by atoms with Crippen molar-refractivity contribution in [3.05, 3.63) is 85.8 Å². The van der Waals surface area contributed by atoms with Crippen molar-refractivity contribution in [3.63, 3.8) is 0 Å². The van der Waals surface area contributed by atoms with Crippen molar-refractivity contribution in [2.24, 2.45) is 0 Å². The zero-order valence-electron chi connectivity index (χ0n) is 16.3. The standard InChI is InChI=1S/C22H19Cl4N2O2/c1-13(2)22-27(11-20(29)14-3-5-16(23)18(25)9-14)7-8-28(22)12-21(30)15-4-6-17(24)19(26)10-15/h3-10,13H,11-12H2,1-2H3/q+1. The van der Waals surface area contributed by atoms with Gasteiger partial charge in [-0.2, -0.15) is 0 Å². The molecule has 1 heterocycles. The Morgan fingerprint density at radius 1 is 0.867 bits per heavy atom. The molecule has 0 radical (unpaired) electrons. The summed E-state index contributed by atoms with van der Waals surface area (Å²) in [5, 5.41) is 1.47. The second-order valence-electron chi connectivity index (χ2n) is 7.17. The monoisotopic (exact) mass is 483 g/mol. The highest BCUT2D eigenvalue weighted by Gasteiger charge is 2.25. The summed E-state index contributed by atoms with van der Waals surface area (Å²) in [6.45, 7) is 4.27. The predicted octanol–water partition coefficient (Wildman–Crippen LogP) is 6.28. The van der Waals surface area contributed by atoms with Crippen molar-refractivity contribution in [2.45, 2.75) is 32.9 Å². The van der Waals surface area contributed by atoms with Gasteiger partial charge in [0.15, 0.2) is 13.1 Å². The van der Waals surface area contributed by atoms with E-state index in [0.29, 0.717) is 31.2 Å². The van der Waals surface area contributed by atoms with Gasteiger partial charge in [-0.1, -0.05) is 60.3 Å². The van der Waals surface area contributed by atoms with Gasteiger partial charge in [-0.25, -0.2) is 9.13 Å². The van der Waals surface area contributed by atoms with Crippen LogP contribution in [0.25, 0.3) is 0 Å². The molecule has 0 bridgehead atoms. The van der Waals surface area contributed by atoms with Crippen LogP contribution in [0.4, 0.5) is 0 Å². The van der Waals surface area contributed by atoms with Crippen molar-refractivity contribution >= 4 is 58.0 Å². The number of aromatic nitrogens is 2. The second-order valence-corrected chi connectivity index (χ2v) is 8.80. The van der Waals surface area contributed by atoms with Crippen molar-refractivity contribution in [2.75, 3.05) is 0 Å². The van der Waals surface area contributed by atoms with Crippen molar-refractivity contribution in [1.82, 2.24) is 4.57 Å². The number of halogens is 4. The Bertz CT molecular complexity index is 1040. The van der Waals surface area contributed by atoms with Crippen LogP contribution in [-0.4, -0.2) is 16.1 Å². The Balaban J connectivity index is 1.84. The van der Waals surface area contributed by atoms with Crippen LogP contribution in [0, 0.1) is 0 Å². The van der Waals surface area contributed by atoms with Gasteiger partial charge >= 0.3 is 0 Å². The number of hydrogen-bond donors (Lipinski definition) is 0. The maximum Gasteiger partial charge on any atom is 0.259 e. The van der Waals surface area contributed by atoms with Crippen LogP contribution >= 0.6 is 46.4 Å². The molecule has 0 unspecified atom stereocenters. The molecule has 0 saturated carbocycles. The van der Waals surface area contributed by atoms with E-state index in [1.165, 1.54) is 0 Å². The molecule has 0 spiro atoms. The number of imidazole rings is 1. The van der Waals surface area contributed by atoms with E-state index in [1.54, 1.807) is 48.8 Å². The highest BCUT2D eigenvalue weighted by molar-refractivity contribution is 6.42. The third kappa shape index (κ3) is 5.06. The number of carbonyl (C=O) groups is 2. The molecule has 30 heavy (non-hydrogen) atoms. The maximum atomic E-state index is 12.7. The molecule has 0 atom stereocenters. The topological polar surface area (TPSA) is 43.0 Å². The molecule has 0 saturated heterocycles. The van der Waals surface area contributed by atoms with E-state index in [-0.39, 0.29) is 30.6 Å². The lowest BCUT2D eigenvalue weighted by atomic mass is 10.1. The molecular formula is C22H19Cl4N2O2+. The summed E-state index contributed by atoms with van der Waals surface area (Å²) in [6.07, 6.45) is 3.60. The van der Waals surface area contributed by atoms with Crippen molar-refractivity contribution in [1.29, 1.82) is 0 Å².